The van der Waals surface area contributed by atoms with Crippen LogP contribution >= 0.6 is 0 Å². The predicted molar refractivity (Wildman–Crippen MR) is 87.7 cm³/mol. The second kappa shape index (κ2) is 7.99. The average Bonchev–Trinajstić information content (AvgIpc) is 2.60. The molecule has 26 heavy (non-hydrogen) atoms. The molecule has 2 aromatic carbocycles. The Balaban J connectivity index is 1.58. The highest BCUT2D eigenvalue weighted by Crippen LogP contribution is 2.32. The van der Waals surface area contributed by atoms with Crippen LogP contribution in [-0.2, 0) is 6.54 Å². The van der Waals surface area contributed by atoms with E-state index in [9.17, 15) is 18.0 Å². The van der Waals surface area contributed by atoms with Crippen LogP contribution in [-0.4, -0.2) is 19.2 Å². The number of urea groups is 1. The van der Waals surface area contributed by atoms with Crippen LogP contribution in [0.1, 0.15) is 23.6 Å². The zero-order valence-electron chi connectivity index (χ0n) is 13.7. The van der Waals surface area contributed by atoms with Crippen molar-refractivity contribution < 1.29 is 27.4 Å². The third-order valence-corrected chi connectivity index (χ3v) is 3.89. The number of ether oxygens (including phenoxy) is 2. The van der Waals surface area contributed by atoms with Crippen molar-refractivity contribution >= 4 is 6.03 Å². The molecule has 1 unspecified atom stereocenters. The zero-order chi connectivity index (χ0) is 18.5. The van der Waals surface area contributed by atoms with Gasteiger partial charge in [-0.2, -0.15) is 8.78 Å². The molecule has 2 aromatic rings. The molecule has 1 atom stereocenters. The maximum atomic E-state index is 13.5. The van der Waals surface area contributed by atoms with Crippen molar-refractivity contribution in [2.45, 2.75) is 25.6 Å². The summed E-state index contributed by atoms with van der Waals surface area (Å²) in [6, 6.07) is 9.41. The maximum absolute atomic E-state index is 13.5. The Hall–Kier alpha value is -2.90. The number of halogens is 3. The van der Waals surface area contributed by atoms with Gasteiger partial charge in [0.15, 0.2) is 0 Å². The molecule has 1 heterocycles. The van der Waals surface area contributed by atoms with Gasteiger partial charge in [0.25, 0.3) is 0 Å². The highest BCUT2D eigenvalue weighted by molar-refractivity contribution is 5.74. The smallest absolute Gasteiger partial charge is 0.387 e. The molecule has 0 radical (unpaired) electrons. The molecule has 0 spiro atoms. The first-order valence-electron chi connectivity index (χ1n) is 8.01. The third kappa shape index (κ3) is 4.59. The van der Waals surface area contributed by atoms with Crippen molar-refractivity contribution in [3.05, 3.63) is 59.4 Å². The fourth-order valence-electron chi connectivity index (χ4n) is 2.74. The lowest BCUT2D eigenvalue weighted by molar-refractivity contribution is -0.0498. The molecular weight excluding hydrogens is 349 g/mol. The second-order valence-corrected chi connectivity index (χ2v) is 5.72. The summed E-state index contributed by atoms with van der Waals surface area (Å²) < 4.78 is 47.7. The molecule has 2 amide bonds. The second-order valence-electron chi connectivity index (χ2n) is 5.72. The van der Waals surface area contributed by atoms with Gasteiger partial charge in [-0.25, -0.2) is 9.18 Å². The Morgan fingerprint density at radius 3 is 2.92 bits per heavy atom. The third-order valence-electron chi connectivity index (χ3n) is 3.89. The number of carbonyl (C=O) groups is 1. The van der Waals surface area contributed by atoms with E-state index in [0.717, 1.165) is 0 Å². The van der Waals surface area contributed by atoms with Crippen LogP contribution in [0.3, 0.4) is 0 Å². The van der Waals surface area contributed by atoms with Crippen LogP contribution in [0.5, 0.6) is 11.5 Å². The first-order valence-corrected chi connectivity index (χ1v) is 8.01. The Kier molecular flexibility index (Phi) is 5.50. The SMILES string of the molecule is O=C(NCc1cccc(OC(F)F)c1)NC1CCOc2ccc(F)cc21. The maximum Gasteiger partial charge on any atom is 0.387 e. The summed E-state index contributed by atoms with van der Waals surface area (Å²) in [4.78, 5) is 12.1. The molecule has 0 aliphatic carbocycles. The van der Waals surface area contributed by atoms with Crippen LogP contribution in [0, 0.1) is 5.82 Å². The van der Waals surface area contributed by atoms with Crippen molar-refractivity contribution in [2.24, 2.45) is 0 Å². The molecule has 1 aliphatic heterocycles. The van der Waals surface area contributed by atoms with Gasteiger partial charge in [-0.1, -0.05) is 12.1 Å². The normalized spacial score (nSPS) is 15.8. The highest BCUT2D eigenvalue weighted by Gasteiger charge is 2.23. The standard InChI is InChI=1S/C18H17F3N2O3/c19-12-4-5-16-14(9-12)15(6-7-25-16)23-18(24)22-10-11-2-1-3-13(8-11)26-17(20)21/h1-5,8-9,15,17H,6-7,10H2,(H2,22,23,24). The molecule has 0 bridgehead atoms. The molecular formula is C18H17F3N2O3. The average molecular weight is 366 g/mol. The van der Waals surface area contributed by atoms with E-state index in [2.05, 4.69) is 15.4 Å². The number of nitrogens with one attached hydrogen (secondary N) is 2. The quantitative estimate of drug-likeness (QED) is 0.847. The lowest BCUT2D eigenvalue weighted by Gasteiger charge is -2.26. The van der Waals surface area contributed by atoms with Gasteiger partial charge in [0.05, 0.1) is 12.6 Å². The summed E-state index contributed by atoms with van der Waals surface area (Å²) in [5, 5.41) is 5.42. The van der Waals surface area contributed by atoms with Crippen molar-refractivity contribution in [1.29, 1.82) is 0 Å². The van der Waals surface area contributed by atoms with Gasteiger partial charge in [0.1, 0.15) is 17.3 Å². The van der Waals surface area contributed by atoms with Gasteiger partial charge in [-0.3, -0.25) is 0 Å². The number of fused-ring (bicyclic) bond motifs is 1. The van der Waals surface area contributed by atoms with Crippen LogP contribution in [0.2, 0.25) is 0 Å². The minimum Gasteiger partial charge on any atom is -0.493 e. The summed E-state index contributed by atoms with van der Waals surface area (Å²) in [6.07, 6.45) is 0.515. The predicted octanol–water partition coefficient (Wildman–Crippen LogP) is 3.75. The summed E-state index contributed by atoms with van der Waals surface area (Å²) >= 11 is 0. The fourth-order valence-corrected chi connectivity index (χ4v) is 2.74. The minimum absolute atomic E-state index is 0.0218. The highest BCUT2D eigenvalue weighted by atomic mass is 19.3. The summed E-state index contributed by atoms with van der Waals surface area (Å²) in [5.74, 6) is 0.158. The fraction of sp³-hybridized carbons (Fsp3) is 0.278. The number of benzene rings is 2. The van der Waals surface area contributed by atoms with Gasteiger partial charge >= 0.3 is 12.6 Å². The summed E-state index contributed by atoms with van der Waals surface area (Å²) in [7, 11) is 0. The van der Waals surface area contributed by atoms with Crippen LogP contribution in [0.15, 0.2) is 42.5 Å². The monoisotopic (exact) mass is 366 g/mol. The van der Waals surface area contributed by atoms with Gasteiger partial charge < -0.3 is 20.1 Å². The van der Waals surface area contributed by atoms with Crippen LogP contribution in [0.25, 0.3) is 0 Å². The molecule has 138 valence electrons. The molecule has 0 fully saturated rings. The number of rotatable bonds is 5. The van der Waals surface area contributed by atoms with Gasteiger partial charge in [0.2, 0.25) is 0 Å². The number of amides is 2. The Morgan fingerprint density at radius 1 is 1.27 bits per heavy atom. The number of carbonyl (C=O) groups excluding carboxylic acids is 1. The van der Waals surface area contributed by atoms with E-state index < -0.39 is 18.5 Å². The Bertz CT molecular complexity index is 786. The van der Waals surface area contributed by atoms with Crippen LogP contribution < -0.4 is 20.1 Å². The number of hydrogen-bond donors (Lipinski definition) is 2. The first kappa shape index (κ1) is 17.9. The van der Waals surface area contributed by atoms with Crippen molar-refractivity contribution in [3.63, 3.8) is 0 Å². The van der Waals surface area contributed by atoms with Crippen molar-refractivity contribution in [3.8, 4) is 11.5 Å². The van der Waals surface area contributed by atoms with Crippen molar-refractivity contribution in [1.82, 2.24) is 10.6 Å². The van der Waals surface area contributed by atoms with E-state index in [1.54, 1.807) is 12.1 Å². The molecule has 0 saturated carbocycles. The molecule has 0 aromatic heterocycles. The van der Waals surface area contributed by atoms with E-state index in [1.165, 1.54) is 30.3 Å². The van der Waals surface area contributed by atoms with Crippen LogP contribution in [0.4, 0.5) is 18.0 Å². The van der Waals surface area contributed by atoms with Gasteiger partial charge in [-0.15, -0.1) is 0 Å². The van der Waals surface area contributed by atoms with E-state index in [4.69, 9.17) is 4.74 Å². The molecule has 1 aliphatic rings. The Labute approximate surface area is 148 Å². The van der Waals surface area contributed by atoms with Gasteiger partial charge in [-0.05, 0) is 35.9 Å². The largest absolute Gasteiger partial charge is 0.493 e. The summed E-state index contributed by atoms with van der Waals surface area (Å²) in [6.45, 7) is -2.36. The molecule has 0 saturated heterocycles. The van der Waals surface area contributed by atoms with E-state index in [1.807, 2.05) is 0 Å². The van der Waals surface area contributed by atoms with E-state index >= 15 is 0 Å². The van der Waals surface area contributed by atoms with Gasteiger partial charge in [0, 0.05) is 18.5 Å². The van der Waals surface area contributed by atoms with Crippen molar-refractivity contribution in [2.75, 3.05) is 6.61 Å². The Morgan fingerprint density at radius 2 is 2.12 bits per heavy atom. The molecule has 2 N–H and O–H groups in total. The molecule has 3 rings (SSSR count). The van der Waals surface area contributed by atoms with E-state index in [-0.39, 0.29) is 18.3 Å². The molecule has 5 nitrogen and oxygen atoms in total. The lowest BCUT2D eigenvalue weighted by atomic mass is 10.0. The zero-order valence-corrected chi connectivity index (χ0v) is 13.7. The summed E-state index contributed by atoms with van der Waals surface area (Å²) in [5.41, 5.74) is 1.19. The number of alkyl halides is 2. The lowest BCUT2D eigenvalue weighted by Crippen LogP contribution is -2.39. The number of hydrogen-bond acceptors (Lipinski definition) is 3. The first-order chi connectivity index (χ1) is 12.5. The molecule has 8 heteroatoms. The van der Waals surface area contributed by atoms with E-state index in [0.29, 0.717) is 29.9 Å². The topological polar surface area (TPSA) is 59.6 Å². The minimum atomic E-state index is -2.91.